The molecular formula is C18H26N2O5S. The minimum absolute atomic E-state index is 0.0600. The van der Waals surface area contributed by atoms with Crippen LogP contribution in [0.25, 0.3) is 0 Å². The normalized spacial score (nSPS) is 19.2. The number of anilines is 1. The number of carbonyl (C=O) groups is 2. The van der Waals surface area contributed by atoms with Crippen molar-refractivity contribution in [2.75, 3.05) is 16.8 Å². The summed E-state index contributed by atoms with van der Waals surface area (Å²) in [6.07, 6.45) is 0.310. The minimum atomic E-state index is -3.10. The molecule has 1 unspecified atom stereocenters. The van der Waals surface area contributed by atoms with E-state index in [1.54, 1.807) is 24.3 Å². The van der Waals surface area contributed by atoms with Crippen molar-refractivity contribution in [2.45, 2.75) is 46.3 Å². The maximum atomic E-state index is 12.7. The fourth-order valence-electron chi connectivity index (χ4n) is 2.58. The summed E-state index contributed by atoms with van der Waals surface area (Å²) in [7, 11) is -3.10. The molecular weight excluding hydrogens is 356 g/mol. The topological polar surface area (TPSA) is 102 Å². The summed E-state index contributed by atoms with van der Waals surface area (Å²) in [6, 6.07) is 6.56. The van der Waals surface area contributed by atoms with Gasteiger partial charge in [0.15, 0.2) is 9.84 Å². The fraction of sp³-hybridized carbons (Fsp3) is 0.556. The van der Waals surface area contributed by atoms with E-state index >= 15 is 0 Å². The van der Waals surface area contributed by atoms with Gasteiger partial charge in [-0.15, -0.1) is 0 Å². The van der Waals surface area contributed by atoms with Gasteiger partial charge in [-0.25, -0.2) is 8.42 Å². The number of amides is 2. The molecule has 0 bridgehead atoms. The Morgan fingerprint density at radius 3 is 2.42 bits per heavy atom. The maximum absolute atomic E-state index is 12.7. The molecule has 2 amide bonds. The number of sulfone groups is 1. The lowest BCUT2D eigenvalue weighted by Crippen LogP contribution is -2.48. The predicted molar refractivity (Wildman–Crippen MR) is 99.8 cm³/mol. The largest absolute Gasteiger partial charge is 0.489 e. The molecule has 1 aliphatic rings. The first-order chi connectivity index (χ1) is 12.0. The van der Waals surface area contributed by atoms with Gasteiger partial charge in [0.05, 0.1) is 23.3 Å². The van der Waals surface area contributed by atoms with Gasteiger partial charge in [-0.05, 0) is 46.2 Å². The zero-order valence-corrected chi connectivity index (χ0v) is 16.4. The van der Waals surface area contributed by atoms with Crippen molar-refractivity contribution < 1.29 is 22.7 Å². The van der Waals surface area contributed by atoms with Gasteiger partial charge in [-0.3, -0.25) is 9.59 Å². The zero-order valence-electron chi connectivity index (χ0n) is 15.5. The SMILES string of the molecule is CC(C)Oc1ccccc1NC(=O)C(C)(C)C(=O)NC1CCS(=O)(=O)C1. The summed E-state index contributed by atoms with van der Waals surface area (Å²) in [6.45, 7) is 6.78. The van der Waals surface area contributed by atoms with E-state index in [2.05, 4.69) is 10.6 Å². The van der Waals surface area contributed by atoms with Crippen molar-refractivity contribution >= 4 is 27.3 Å². The highest BCUT2D eigenvalue weighted by Crippen LogP contribution is 2.28. The van der Waals surface area contributed by atoms with E-state index < -0.39 is 33.1 Å². The quantitative estimate of drug-likeness (QED) is 0.730. The summed E-state index contributed by atoms with van der Waals surface area (Å²) >= 11 is 0. The van der Waals surface area contributed by atoms with Gasteiger partial charge in [0.2, 0.25) is 11.8 Å². The van der Waals surface area contributed by atoms with Gasteiger partial charge < -0.3 is 15.4 Å². The molecule has 26 heavy (non-hydrogen) atoms. The second-order valence-electron chi connectivity index (χ2n) is 7.32. The first-order valence-corrected chi connectivity index (χ1v) is 10.4. The van der Waals surface area contributed by atoms with Crippen molar-refractivity contribution in [2.24, 2.45) is 5.41 Å². The van der Waals surface area contributed by atoms with Crippen LogP contribution in [0.4, 0.5) is 5.69 Å². The Morgan fingerprint density at radius 2 is 1.85 bits per heavy atom. The van der Waals surface area contributed by atoms with E-state index in [0.29, 0.717) is 17.9 Å². The molecule has 1 atom stereocenters. The van der Waals surface area contributed by atoms with Crippen LogP contribution < -0.4 is 15.4 Å². The molecule has 2 rings (SSSR count). The molecule has 0 saturated carbocycles. The van der Waals surface area contributed by atoms with E-state index in [9.17, 15) is 18.0 Å². The smallest absolute Gasteiger partial charge is 0.239 e. The van der Waals surface area contributed by atoms with Crippen LogP contribution in [-0.2, 0) is 19.4 Å². The molecule has 1 saturated heterocycles. The second-order valence-corrected chi connectivity index (χ2v) is 9.54. The lowest BCUT2D eigenvalue weighted by molar-refractivity contribution is -0.138. The molecule has 1 aromatic rings. The van der Waals surface area contributed by atoms with Crippen LogP contribution in [0.2, 0.25) is 0 Å². The van der Waals surface area contributed by atoms with Crippen molar-refractivity contribution in [1.29, 1.82) is 0 Å². The molecule has 0 aromatic heterocycles. The number of carbonyl (C=O) groups excluding carboxylic acids is 2. The van der Waals surface area contributed by atoms with Crippen LogP contribution in [0.15, 0.2) is 24.3 Å². The predicted octanol–water partition coefficient (Wildman–Crippen LogP) is 1.74. The average molecular weight is 382 g/mol. The van der Waals surface area contributed by atoms with Crippen molar-refractivity contribution in [3.63, 3.8) is 0 Å². The Bertz CT molecular complexity index is 787. The Balaban J connectivity index is 2.07. The van der Waals surface area contributed by atoms with Gasteiger partial charge in [0.1, 0.15) is 11.2 Å². The van der Waals surface area contributed by atoms with Crippen molar-refractivity contribution in [3.8, 4) is 5.75 Å². The molecule has 2 N–H and O–H groups in total. The van der Waals surface area contributed by atoms with Gasteiger partial charge in [-0.1, -0.05) is 12.1 Å². The summed E-state index contributed by atoms with van der Waals surface area (Å²) in [5.74, 6) is -0.490. The standard InChI is InChI=1S/C18H26N2O5S/c1-12(2)25-15-8-6-5-7-14(15)20-17(22)18(3,4)16(21)19-13-9-10-26(23,24)11-13/h5-8,12-13H,9-11H2,1-4H3,(H,19,21)(H,20,22). The monoisotopic (exact) mass is 382 g/mol. The first-order valence-electron chi connectivity index (χ1n) is 8.60. The molecule has 1 heterocycles. The Morgan fingerprint density at radius 1 is 1.19 bits per heavy atom. The van der Waals surface area contributed by atoms with Crippen LogP contribution in [0, 0.1) is 5.41 Å². The van der Waals surface area contributed by atoms with Crippen molar-refractivity contribution in [3.05, 3.63) is 24.3 Å². The molecule has 0 aliphatic carbocycles. The molecule has 8 heteroatoms. The highest BCUT2D eigenvalue weighted by molar-refractivity contribution is 7.91. The summed E-state index contributed by atoms with van der Waals surface area (Å²) < 4.78 is 28.7. The number of hydrogen-bond donors (Lipinski definition) is 2. The molecule has 0 spiro atoms. The van der Waals surface area contributed by atoms with Crippen LogP contribution in [0.3, 0.4) is 0 Å². The summed E-state index contributed by atoms with van der Waals surface area (Å²) in [5, 5.41) is 5.41. The van der Waals surface area contributed by atoms with E-state index in [-0.39, 0.29) is 17.6 Å². The Labute approximate surface area is 154 Å². The van der Waals surface area contributed by atoms with Crippen LogP contribution in [0.1, 0.15) is 34.1 Å². The van der Waals surface area contributed by atoms with Gasteiger partial charge in [-0.2, -0.15) is 0 Å². The first kappa shape index (κ1) is 20.2. The van der Waals surface area contributed by atoms with E-state index in [1.807, 2.05) is 13.8 Å². The van der Waals surface area contributed by atoms with Gasteiger partial charge in [0, 0.05) is 6.04 Å². The van der Waals surface area contributed by atoms with E-state index in [4.69, 9.17) is 4.74 Å². The van der Waals surface area contributed by atoms with Crippen molar-refractivity contribution in [1.82, 2.24) is 5.32 Å². The minimum Gasteiger partial charge on any atom is -0.489 e. The van der Waals surface area contributed by atoms with E-state index in [0.717, 1.165) is 0 Å². The fourth-order valence-corrected chi connectivity index (χ4v) is 4.26. The maximum Gasteiger partial charge on any atom is 0.239 e. The van der Waals surface area contributed by atoms with Gasteiger partial charge >= 0.3 is 0 Å². The summed E-state index contributed by atoms with van der Waals surface area (Å²) in [5.41, 5.74) is -0.882. The molecule has 1 aliphatic heterocycles. The van der Waals surface area contributed by atoms with E-state index in [1.165, 1.54) is 13.8 Å². The third-order valence-corrected chi connectivity index (χ3v) is 5.97. The number of ether oxygens (including phenoxy) is 1. The number of para-hydroxylation sites is 2. The average Bonchev–Trinajstić information content (AvgIpc) is 2.87. The number of benzene rings is 1. The third kappa shape index (κ3) is 4.97. The lowest BCUT2D eigenvalue weighted by atomic mass is 9.90. The Kier molecular flexibility index (Phi) is 5.95. The zero-order chi connectivity index (χ0) is 19.5. The van der Waals surface area contributed by atoms with Crippen LogP contribution in [0.5, 0.6) is 5.75 Å². The molecule has 1 fully saturated rings. The van der Waals surface area contributed by atoms with Gasteiger partial charge in [0.25, 0.3) is 0 Å². The number of nitrogens with one attached hydrogen (secondary N) is 2. The van der Waals surface area contributed by atoms with Crippen LogP contribution >= 0.6 is 0 Å². The highest BCUT2D eigenvalue weighted by atomic mass is 32.2. The van der Waals surface area contributed by atoms with Crippen LogP contribution in [-0.4, -0.2) is 43.9 Å². The highest BCUT2D eigenvalue weighted by Gasteiger charge is 2.39. The third-order valence-electron chi connectivity index (χ3n) is 4.20. The molecule has 1 aromatic carbocycles. The lowest BCUT2D eigenvalue weighted by Gasteiger charge is -2.25. The Hall–Kier alpha value is -2.09. The summed E-state index contributed by atoms with van der Waals surface area (Å²) in [4.78, 5) is 25.2. The molecule has 0 radical (unpaired) electrons. The number of hydrogen-bond acceptors (Lipinski definition) is 5. The molecule has 7 nitrogen and oxygen atoms in total. The second kappa shape index (κ2) is 7.65. The molecule has 144 valence electrons. The number of rotatable bonds is 6.